The second-order valence-corrected chi connectivity index (χ2v) is 8.35. The number of nitrogens with zero attached hydrogens (tertiary/aromatic N) is 3. The molecule has 0 unspecified atom stereocenters. The predicted molar refractivity (Wildman–Crippen MR) is 127 cm³/mol. The maximum atomic E-state index is 13.4. The molecule has 0 aromatic heterocycles. The molecule has 0 N–H and O–H groups in total. The lowest BCUT2D eigenvalue weighted by atomic mass is 10.0. The van der Waals surface area contributed by atoms with Crippen molar-refractivity contribution in [3.8, 4) is 5.75 Å². The van der Waals surface area contributed by atoms with Crippen molar-refractivity contribution in [2.75, 3.05) is 44.7 Å². The molecule has 0 aliphatic carbocycles. The van der Waals surface area contributed by atoms with Crippen LogP contribution in [-0.4, -0.2) is 61.4 Å². The van der Waals surface area contributed by atoms with Gasteiger partial charge in [-0.1, -0.05) is 55.3 Å². The molecule has 2 aromatic carbocycles. The summed E-state index contributed by atoms with van der Waals surface area (Å²) >= 11 is 0. The number of aryl methyl sites for hydroxylation is 1. The smallest absolute Gasteiger partial charge is 0.277 e. The molecule has 168 valence electrons. The van der Waals surface area contributed by atoms with Crippen molar-refractivity contribution >= 4 is 23.1 Å². The predicted octanol–water partition coefficient (Wildman–Crippen LogP) is 3.71. The number of methoxy groups -OCH3 is 1. The van der Waals surface area contributed by atoms with Gasteiger partial charge in [0, 0.05) is 32.7 Å². The molecule has 0 saturated carbocycles. The Morgan fingerprint density at radius 3 is 2.19 bits per heavy atom. The fourth-order valence-electron chi connectivity index (χ4n) is 4.42. The fraction of sp³-hybridized carbons (Fsp3) is 0.385. The van der Waals surface area contributed by atoms with Gasteiger partial charge in [-0.25, -0.2) is 0 Å². The number of carbonyl (C=O) groups excluding carboxylic acids is 2. The van der Waals surface area contributed by atoms with Crippen LogP contribution in [0.3, 0.4) is 0 Å². The van der Waals surface area contributed by atoms with Gasteiger partial charge in [0.05, 0.1) is 18.4 Å². The lowest BCUT2D eigenvalue weighted by molar-refractivity contribution is -0.137. The molecule has 0 radical (unpaired) electrons. The first kappa shape index (κ1) is 21.9. The van der Waals surface area contributed by atoms with E-state index >= 15 is 0 Å². The minimum atomic E-state index is -0.172. The number of benzene rings is 2. The van der Waals surface area contributed by atoms with E-state index in [9.17, 15) is 9.59 Å². The molecule has 0 bridgehead atoms. The lowest BCUT2D eigenvalue weighted by Gasteiger charge is -2.38. The van der Waals surface area contributed by atoms with Crippen LogP contribution in [-0.2, 0) is 9.59 Å². The third-order valence-corrected chi connectivity index (χ3v) is 6.24. The summed E-state index contributed by atoms with van der Waals surface area (Å²) in [4.78, 5) is 32.5. The summed E-state index contributed by atoms with van der Waals surface area (Å²) in [5, 5.41) is 0. The van der Waals surface area contributed by atoms with Crippen molar-refractivity contribution in [2.45, 2.75) is 26.7 Å². The molecular weight excluding hydrogens is 402 g/mol. The first-order valence-corrected chi connectivity index (χ1v) is 11.4. The Morgan fingerprint density at radius 1 is 0.875 bits per heavy atom. The number of piperazine rings is 1. The molecule has 4 rings (SSSR count). The molecule has 2 heterocycles. The van der Waals surface area contributed by atoms with Crippen molar-refractivity contribution < 1.29 is 14.3 Å². The van der Waals surface area contributed by atoms with Crippen molar-refractivity contribution in [1.29, 1.82) is 0 Å². The highest BCUT2D eigenvalue weighted by molar-refractivity contribution is 6.35. The van der Waals surface area contributed by atoms with Crippen molar-refractivity contribution in [3.63, 3.8) is 0 Å². The van der Waals surface area contributed by atoms with Gasteiger partial charge in [0.25, 0.3) is 11.8 Å². The standard InChI is InChI=1S/C26H31N3O3/c1-4-5-14-29-25(30)23(20-12-10-19(2)11-13-20)24(26(29)31)28-17-15-27(16-18-28)21-8-6-7-9-22(21)32-3/h6-13H,4-5,14-18H2,1-3H3. The van der Waals surface area contributed by atoms with Crippen LogP contribution in [0.25, 0.3) is 5.57 Å². The zero-order valence-corrected chi connectivity index (χ0v) is 19.1. The number of amides is 2. The second kappa shape index (κ2) is 9.47. The molecule has 32 heavy (non-hydrogen) atoms. The Kier molecular flexibility index (Phi) is 6.49. The normalized spacial score (nSPS) is 16.9. The zero-order valence-electron chi connectivity index (χ0n) is 19.1. The number of imide groups is 1. The SMILES string of the molecule is CCCCN1C(=O)C(c2ccc(C)cc2)=C(N2CCN(c3ccccc3OC)CC2)C1=O. The number of para-hydroxylation sites is 2. The highest BCUT2D eigenvalue weighted by Gasteiger charge is 2.41. The van der Waals surface area contributed by atoms with Crippen LogP contribution in [0.2, 0.25) is 0 Å². The quantitative estimate of drug-likeness (QED) is 0.623. The van der Waals surface area contributed by atoms with Gasteiger partial charge < -0.3 is 14.5 Å². The molecule has 2 amide bonds. The summed E-state index contributed by atoms with van der Waals surface area (Å²) in [6.07, 6.45) is 1.75. The van der Waals surface area contributed by atoms with Gasteiger partial charge >= 0.3 is 0 Å². The molecule has 1 saturated heterocycles. The number of ether oxygens (including phenoxy) is 1. The van der Waals surface area contributed by atoms with Gasteiger partial charge in [0.1, 0.15) is 11.4 Å². The van der Waals surface area contributed by atoms with E-state index < -0.39 is 0 Å². The summed E-state index contributed by atoms with van der Waals surface area (Å²) < 4.78 is 5.52. The van der Waals surface area contributed by atoms with E-state index in [0.29, 0.717) is 30.9 Å². The molecule has 6 heteroatoms. The van der Waals surface area contributed by atoms with Crippen LogP contribution in [0.15, 0.2) is 54.2 Å². The number of hydrogen-bond acceptors (Lipinski definition) is 5. The largest absolute Gasteiger partial charge is 0.495 e. The number of rotatable bonds is 7. The first-order chi connectivity index (χ1) is 15.5. The maximum absolute atomic E-state index is 13.4. The van der Waals surface area contributed by atoms with E-state index in [0.717, 1.165) is 48.5 Å². The van der Waals surface area contributed by atoms with E-state index in [1.165, 1.54) is 4.90 Å². The number of hydrogen-bond donors (Lipinski definition) is 0. The topological polar surface area (TPSA) is 53.1 Å². The van der Waals surface area contributed by atoms with Gasteiger partial charge in [0.15, 0.2) is 0 Å². The zero-order chi connectivity index (χ0) is 22.7. The summed E-state index contributed by atoms with van der Waals surface area (Å²) in [6, 6.07) is 15.9. The van der Waals surface area contributed by atoms with E-state index in [1.807, 2.05) is 49.4 Å². The van der Waals surface area contributed by atoms with Gasteiger partial charge in [-0.3, -0.25) is 14.5 Å². The lowest BCUT2D eigenvalue weighted by Crippen LogP contribution is -2.47. The molecular formula is C26H31N3O3. The van der Waals surface area contributed by atoms with Crippen molar-refractivity contribution in [3.05, 3.63) is 65.4 Å². The van der Waals surface area contributed by atoms with E-state index in [2.05, 4.69) is 22.8 Å². The molecule has 2 aliphatic rings. The first-order valence-electron chi connectivity index (χ1n) is 11.4. The Bertz CT molecular complexity index is 1020. The Balaban J connectivity index is 1.62. The van der Waals surface area contributed by atoms with Crippen LogP contribution in [0.5, 0.6) is 5.75 Å². The maximum Gasteiger partial charge on any atom is 0.277 e. The average molecular weight is 434 g/mol. The number of anilines is 1. The highest BCUT2D eigenvalue weighted by atomic mass is 16.5. The molecule has 6 nitrogen and oxygen atoms in total. The molecule has 0 atom stereocenters. The average Bonchev–Trinajstić information content (AvgIpc) is 3.07. The van der Waals surface area contributed by atoms with E-state index in [4.69, 9.17) is 4.74 Å². The summed E-state index contributed by atoms with van der Waals surface area (Å²) in [5.74, 6) is 0.512. The van der Waals surface area contributed by atoms with Gasteiger partial charge in [-0.05, 0) is 31.0 Å². The summed E-state index contributed by atoms with van der Waals surface area (Å²) in [7, 11) is 1.68. The van der Waals surface area contributed by atoms with E-state index in [1.54, 1.807) is 7.11 Å². The van der Waals surface area contributed by atoms with Crippen LogP contribution in [0, 0.1) is 6.92 Å². The monoisotopic (exact) mass is 433 g/mol. The molecule has 0 spiro atoms. The van der Waals surface area contributed by atoms with Gasteiger partial charge in [0.2, 0.25) is 0 Å². The fourth-order valence-corrected chi connectivity index (χ4v) is 4.42. The van der Waals surface area contributed by atoms with Crippen LogP contribution in [0.4, 0.5) is 5.69 Å². The van der Waals surface area contributed by atoms with Crippen LogP contribution >= 0.6 is 0 Å². The van der Waals surface area contributed by atoms with Crippen LogP contribution < -0.4 is 9.64 Å². The Morgan fingerprint density at radius 2 is 1.53 bits per heavy atom. The minimum absolute atomic E-state index is 0.162. The van der Waals surface area contributed by atoms with Gasteiger partial charge in [-0.2, -0.15) is 0 Å². The minimum Gasteiger partial charge on any atom is -0.495 e. The van der Waals surface area contributed by atoms with Crippen molar-refractivity contribution in [2.24, 2.45) is 0 Å². The third kappa shape index (κ3) is 4.09. The highest BCUT2D eigenvalue weighted by Crippen LogP contribution is 2.34. The third-order valence-electron chi connectivity index (χ3n) is 6.24. The number of carbonyl (C=O) groups is 2. The molecule has 2 aromatic rings. The Hall–Kier alpha value is -3.28. The van der Waals surface area contributed by atoms with Gasteiger partial charge in [-0.15, -0.1) is 0 Å². The van der Waals surface area contributed by atoms with Crippen LogP contribution in [0.1, 0.15) is 30.9 Å². The van der Waals surface area contributed by atoms with Crippen molar-refractivity contribution in [1.82, 2.24) is 9.80 Å². The summed E-state index contributed by atoms with van der Waals surface area (Å²) in [5.41, 5.74) is 4.09. The Labute approximate surface area is 190 Å². The summed E-state index contributed by atoms with van der Waals surface area (Å²) in [6.45, 7) is 7.40. The van der Waals surface area contributed by atoms with E-state index in [-0.39, 0.29) is 11.8 Å². The second-order valence-electron chi connectivity index (χ2n) is 8.35. The molecule has 1 fully saturated rings. The number of unbranched alkanes of at least 4 members (excludes halogenated alkanes) is 1. The molecule has 2 aliphatic heterocycles.